The lowest BCUT2D eigenvalue weighted by molar-refractivity contribution is -0.124. The van der Waals surface area contributed by atoms with Crippen LogP contribution in [0.5, 0.6) is 0 Å². The van der Waals surface area contributed by atoms with Crippen molar-refractivity contribution >= 4 is 11.6 Å². The average molecular weight is 160 g/mol. The van der Waals surface area contributed by atoms with Crippen molar-refractivity contribution in [2.45, 2.75) is 0 Å². The first-order valence-electron chi connectivity index (χ1n) is 4.23. The highest BCUT2D eigenvalue weighted by Gasteiger charge is 2.54. The van der Waals surface area contributed by atoms with Crippen LogP contribution in [-0.4, -0.2) is 11.6 Å². The Morgan fingerprint density at radius 1 is 1.00 bits per heavy atom. The molecule has 2 heteroatoms. The summed E-state index contributed by atoms with van der Waals surface area (Å²) in [5.41, 5.74) is 0. The predicted molar refractivity (Wildman–Crippen MR) is 42.3 cm³/mol. The molecule has 0 aromatic rings. The van der Waals surface area contributed by atoms with Crippen LogP contribution in [0.3, 0.4) is 0 Å². The zero-order valence-electron chi connectivity index (χ0n) is 6.44. The highest BCUT2D eigenvalue weighted by atomic mass is 16.1. The van der Waals surface area contributed by atoms with Crippen molar-refractivity contribution in [2.75, 3.05) is 0 Å². The molecule has 0 amide bonds. The standard InChI is InChI=1S/C10H8O2/c11-8-4-3-5-6-1-2-7(9(5)8)10(6)12/h1-7,9H/t5-,6?,7?,9-/m1/s1. The van der Waals surface area contributed by atoms with Crippen molar-refractivity contribution in [3.63, 3.8) is 0 Å². The first-order chi connectivity index (χ1) is 5.79. The number of hydrogen-bond donors (Lipinski definition) is 0. The van der Waals surface area contributed by atoms with Crippen LogP contribution in [0, 0.1) is 23.7 Å². The summed E-state index contributed by atoms with van der Waals surface area (Å²) in [5, 5.41) is 0. The Labute approximate surface area is 70.0 Å². The molecule has 4 atom stereocenters. The summed E-state index contributed by atoms with van der Waals surface area (Å²) in [6.07, 6.45) is 7.39. The number of fused-ring (bicyclic) bond motifs is 5. The van der Waals surface area contributed by atoms with Gasteiger partial charge in [0.2, 0.25) is 0 Å². The van der Waals surface area contributed by atoms with Gasteiger partial charge < -0.3 is 0 Å². The molecule has 0 N–H and O–H groups in total. The normalized spacial score (nSPS) is 47.7. The molecule has 1 fully saturated rings. The van der Waals surface area contributed by atoms with E-state index in [-0.39, 0.29) is 35.2 Å². The van der Waals surface area contributed by atoms with Gasteiger partial charge in [-0.3, -0.25) is 9.59 Å². The second-order valence-electron chi connectivity index (χ2n) is 3.70. The van der Waals surface area contributed by atoms with Gasteiger partial charge >= 0.3 is 0 Å². The van der Waals surface area contributed by atoms with Gasteiger partial charge in [-0.25, -0.2) is 0 Å². The molecule has 2 bridgehead atoms. The van der Waals surface area contributed by atoms with Gasteiger partial charge in [-0.05, 0) is 6.08 Å². The molecule has 0 aliphatic heterocycles. The molecule has 0 aromatic carbocycles. The van der Waals surface area contributed by atoms with Crippen LogP contribution in [0.4, 0.5) is 0 Å². The third-order valence-electron chi connectivity index (χ3n) is 3.21. The van der Waals surface area contributed by atoms with Crippen molar-refractivity contribution in [1.29, 1.82) is 0 Å². The van der Waals surface area contributed by atoms with E-state index in [1.165, 1.54) is 0 Å². The predicted octanol–water partition coefficient (Wildman–Crippen LogP) is 0.743. The zero-order chi connectivity index (χ0) is 8.29. The summed E-state index contributed by atoms with van der Waals surface area (Å²) in [4.78, 5) is 22.8. The highest BCUT2D eigenvalue weighted by Crippen LogP contribution is 2.48. The highest BCUT2D eigenvalue weighted by molar-refractivity contribution is 6.05. The van der Waals surface area contributed by atoms with Gasteiger partial charge in [-0.1, -0.05) is 18.2 Å². The third kappa shape index (κ3) is 0.501. The fourth-order valence-corrected chi connectivity index (χ4v) is 2.65. The molecule has 0 heterocycles. The molecule has 0 spiro atoms. The van der Waals surface area contributed by atoms with Crippen LogP contribution >= 0.6 is 0 Å². The molecule has 3 rings (SSSR count). The average Bonchev–Trinajstić information content (AvgIpc) is 2.66. The van der Waals surface area contributed by atoms with Crippen LogP contribution < -0.4 is 0 Å². The topological polar surface area (TPSA) is 34.1 Å². The molecule has 0 aromatic heterocycles. The van der Waals surface area contributed by atoms with E-state index in [0.29, 0.717) is 0 Å². The van der Waals surface area contributed by atoms with Crippen molar-refractivity contribution in [1.82, 2.24) is 0 Å². The summed E-state index contributed by atoms with van der Waals surface area (Å²) < 4.78 is 0. The zero-order valence-corrected chi connectivity index (χ0v) is 6.44. The number of carbonyl (C=O) groups excluding carboxylic acids is 2. The Morgan fingerprint density at radius 3 is 2.50 bits per heavy atom. The Morgan fingerprint density at radius 2 is 1.75 bits per heavy atom. The van der Waals surface area contributed by atoms with Crippen molar-refractivity contribution in [2.24, 2.45) is 23.7 Å². The fraction of sp³-hybridized carbons (Fsp3) is 0.400. The maximum atomic E-state index is 11.5. The minimum atomic E-state index is -0.0949. The van der Waals surface area contributed by atoms with Gasteiger partial charge in [0.15, 0.2) is 5.78 Å². The minimum absolute atomic E-state index is 0.0164. The van der Waals surface area contributed by atoms with E-state index in [1.807, 2.05) is 18.2 Å². The molecule has 2 unspecified atom stereocenters. The smallest absolute Gasteiger partial charge is 0.160 e. The Bertz CT molecular complexity index is 338. The van der Waals surface area contributed by atoms with E-state index in [4.69, 9.17) is 0 Å². The monoisotopic (exact) mass is 160 g/mol. The first-order valence-corrected chi connectivity index (χ1v) is 4.23. The van der Waals surface area contributed by atoms with Crippen LogP contribution in [0.15, 0.2) is 24.3 Å². The van der Waals surface area contributed by atoms with Crippen LogP contribution in [0.2, 0.25) is 0 Å². The van der Waals surface area contributed by atoms with E-state index >= 15 is 0 Å². The largest absolute Gasteiger partial charge is 0.298 e. The van der Waals surface area contributed by atoms with E-state index in [1.54, 1.807) is 6.08 Å². The molecule has 1 saturated carbocycles. The molecular weight excluding hydrogens is 152 g/mol. The summed E-state index contributed by atoms with van der Waals surface area (Å²) in [7, 11) is 0. The third-order valence-corrected chi connectivity index (χ3v) is 3.21. The molecule has 0 saturated heterocycles. The molecule has 60 valence electrons. The Hall–Kier alpha value is -1.18. The first kappa shape index (κ1) is 6.35. The summed E-state index contributed by atoms with van der Waals surface area (Å²) in [6.45, 7) is 0. The van der Waals surface area contributed by atoms with Gasteiger partial charge in [0, 0.05) is 23.7 Å². The van der Waals surface area contributed by atoms with Gasteiger partial charge in [-0.15, -0.1) is 0 Å². The quantitative estimate of drug-likeness (QED) is 0.490. The van der Waals surface area contributed by atoms with Crippen LogP contribution in [0.1, 0.15) is 0 Å². The lowest BCUT2D eigenvalue weighted by Crippen LogP contribution is -2.20. The van der Waals surface area contributed by atoms with E-state index in [9.17, 15) is 9.59 Å². The molecule has 3 aliphatic rings. The second-order valence-corrected chi connectivity index (χ2v) is 3.70. The van der Waals surface area contributed by atoms with E-state index < -0.39 is 0 Å². The summed E-state index contributed by atoms with van der Waals surface area (Å²) >= 11 is 0. The maximum Gasteiger partial charge on any atom is 0.160 e. The van der Waals surface area contributed by atoms with E-state index in [0.717, 1.165) is 0 Å². The molecule has 3 aliphatic carbocycles. The molecule has 2 nitrogen and oxygen atoms in total. The number of allylic oxidation sites excluding steroid dienone is 4. The summed E-state index contributed by atoms with van der Waals surface area (Å²) in [5.74, 6) is 0.477. The lowest BCUT2D eigenvalue weighted by Gasteiger charge is -2.15. The minimum Gasteiger partial charge on any atom is -0.298 e. The Balaban J connectivity index is 2.13. The molecule has 12 heavy (non-hydrogen) atoms. The van der Waals surface area contributed by atoms with Crippen LogP contribution in [0.25, 0.3) is 0 Å². The van der Waals surface area contributed by atoms with Gasteiger partial charge in [0.1, 0.15) is 5.78 Å². The Kier molecular flexibility index (Phi) is 0.932. The number of carbonyl (C=O) groups is 2. The van der Waals surface area contributed by atoms with E-state index in [2.05, 4.69) is 0 Å². The molecule has 0 radical (unpaired) electrons. The fourth-order valence-electron chi connectivity index (χ4n) is 2.65. The second kappa shape index (κ2) is 1.76. The lowest BCUT2D eigenvalue weighted by atomic mass is 9.85. The maximum absolute atomic E-state index is 11.5. The SMILES string of the molecule is O=C1C2C=CC1[C@@H]1C(=O)C=C[C@H]21. The van der Waals surface area contributed by atoms with Gasteiger partial charge in [0.05, 0.1) is 0 Å². The number of rotatable bonds is 0. The number of ketones is 2. The van der Waals surface area contributed by atoms with Gasteiger partial charge in [-0.2, -0.15) is 0 Å². The molecular formula is C10H8O2. The van der Waals surface area contributed by atoms with Gasteiger partial charge in [0.25, 0.3) is 0 Å². The van der Waals surface area contributed by atoms with Crippen molar-refractivity contribution in [3.05, 3.63) is 24.3 Å². The van der Waals surface area contributed by atoms with Crippen LogP contribution in [-0.2, 0) is 9.59 Å². The number of Topliss-reactive ketones (excluding diaryl/α,β-unsaturated/α-hetero) is 1. The van der Waals surface area contributed by atoms with Crippen molar-refractivity contribution in [3.8, 4) is 0 Å². The summed E-state index contributed by atoms with van der Waals surface area (Å²) in [6, 6.07) is 0. The number of hydrogen-bond acceptors (Lipinski definition) is 2. The van der Waals surface area contributed by atoms with Crippen molar-refractivity contribution < 1.29 is 9.59 Å².